The summed E-state index contributed by atoms with van der Waals surface area (Å²) in [6.07, 6.45) is -0.404. The smallest absolute Gasteiger partial charge is 0.140 e. The Bertz CT molecular complexity index is 646. The van der Waals surface area contributed by atoms with Crippen LogP contribution in [0.15, 0.2) is 36.4 Å². The lowest BCUT2D eigenvalue weighted by molar-refractivity contribution is 0.180. The second kappa shape index (κ2) is 7.08. The minimum Gasteiger partial charge on any atom is -0.482 e. The van der Waals surface area contributed by atoms with E-state index in [4.69, 9.17) is 56.9 Å². The van der Waals surface area contributed by atoms with E-state index in [1.807, 2.05) is 19.1 Å². The Kier molecular flexibility index (Phi) is 5.64. The fourth-order valence-electron chi connectivity index (χ4n) is 1.89. The highest BCUT2D eigenvalue weighted by atomic mass is 35.5. The van der Waals surface area contributed by atoms with Crippen molar-refractivity contribution in [2.24, 2.45) is 5.73 Å². The van der Waals surface area contributed by atoms with Crippen LogP contribution in [0.5, 0.6) is 5.75 Å². The number of ether oxygens (including phenoxy) is 1. The van der Waals surface area contributed by atoms with Gasteiger partial charge in [-0.25, -0.2) is 0 Å². The van der Waals surface area contributed by atoms with Crippen molar-refractivity contribution >= 4 is 46.4 Å². The first-order valence-corrected chi connectivity index (χ1v) is 7.72. The van der Waals surface area contributed by atoms with Crippen LogP contribution in [0, 0.1) is 0 Å². The molecule has 0 saturated carbocycles. The molecule has 6 heteroatoms. The lowest BCUT2D eigenvalue weighted by Crippen LogP contribution is -2.29. The summed E-state index contributed by atoms with van der Waals surface area (Å²) < 4.78 is 5.92. The van der Waals surface area contributed by atoms with E-state index < -0.39 is 6.10 Å². The molecule has 0 aliphatic rings. The van der Waals surface area contributed by atoms with Crippen molar-refractivity contribution in [1.82, 2.24) is 0 Å². The molecule has 2 rings (SSSR count). The molecule has 0 bridgehead atoms. The molecule has 0 spiro atoms. The van der Waals surface area contributed by atoms with Gasteiger partial charge in [-0.1, -0.05) is 58.5 Å². The average Bonchev–Trinajstić information content (AvgIpc) is 2.41. The molecule has 2 aromatic rings. The Labute approximate surface area is 143 Å². The topological polar surface area (TPSA) is 35.2 Å². The molecule has 0 amide bonds. The Morgan fingerprint density at radius 2 is 1.62 bits per heavy atom. The van der Waals surface area contributed by atoms with E-state index >= 15 is 0 Å². The van der Waals surface area contributed by atoms with Crippen molar-refractivity contribution in [3.05, 3.63) is 62.1 Å². The van der Waals surface area contributed by atoms with Gasteiger partial charge in [0.1, 0.15) is 11.9 Å². The molecule has 2 nitrogen and oxygen atoms in total. The first-order valence-electron chi connectivity index (χ1n) is 6.20. The quantitative estimate of drug-likeness (QED) is 0.699. The van der Waals surface area contributed by atoms with Crippen LogP contribution in [-0.2, 0) is 0 Å². The van der Waals surface area contributed by atoms with Crippen molar-refractivity contribution in [3.8, 4) is 5.75 Å². The average molecular weight is 365 g/mol. The molecule has 0 fully saturated rings. The summed E-state index contributed by atoms with van der Waals surface area (Å²) in [5, 5.41) is 1.72. The first kappa shape index (κ1) is 16.7. The van der Waals surface area contributed by atoms with Gasteiger partial charge in [0.2, 0.25) is 0 Å². The van der Waals surface area contributed by atoms with E-state index in [9.17, 15) is 0 Å². The van der Waals surface area contributed by atoms with Gasteiger partial charge in [0, 0.05) is 17.1 Å². The highest BCUT2D eigenvalue weighted by molar-refractivity contribution is 6.43. The molecule has 0 aromatic heterocycles. The summed E-state index contributed by atoms with van der Waals surface area (Å²) in [4.78, 5) is 0. The molecule has 2 unspecified atom stereocenters. The van der Waals surface area contributed by atoms with Crippen LogP contribution >= 0.6 is 46.4 Å². The molecule has 2 atom stereocenters. The molecular weight excluding hydrogens is 352 g/mol. The molecule has 21 heavy (non-hydrogen) atoms. The number of benzene rings is 2. The number of halogens is 4. The Balaban J connectivity index is 2.35. The zero-order valence-corrected chi connectivity index (χ0v) is 14.1. The van der Waals surface area contributed by atoms with Gasteiger partial charge in [0.25, 0.3) is 0 Å². The molecule has 2 aromatic carbocycles. The summed E-state index contributed by atoms with van der Waals surface area (Å²) in [6.45, 7) is 1.84. The first-order chi connectivity index (χ1) is 9.88. The largest absolute Gasteiger partial charge is 0.482 e. The number of hydrogen-bond acceptors (Lipinski definition) is 2. The SMILES string of the molecule is CC(N)C(Oc1cc(Cl)c(Cl)cc1Cl)c1cccc(Cl)c1. The second-order valence-corrected chi connectivity index (χ2v) is 6.31. The molecule has 0 aliphatic heterocycles. The predicted octanol–water partition coefficient (Wildman–Crippen LogP) is 5.77. The number of rotatable bonds is 4. The summed E-state index contributed by atoms with van der Waals surface area (Å²) in [7, 11) is 0. The van der Waals surface area contributed by atoms with Gasteiger partial charge >= 0.3 is 0 Å². The van der Waals surface area contributed by atoms with Crippen molar-refractivity contribution in [2.75, 3.05) is 0 Å². The molecule has 112 valence electrons. The minimum absolute atomic E-state index is 0.269. The van der Waals surface area contributed by atoms with E-state index in [1.165, 1.54) is 6.07 Å². The van der Waals surface area contributed by atoms with Crippen LogP contribution in [0.2, 0.25) is 20.1 Å². The third kappa shape index (κ3) is 4.18. The van der Waals surface area contributed by atoms with Crippen LogP contribution in [0.25, 0.3) is 0 Å². The fraction of sp³-hybridized carbons (Fsp3) is 0.200. The highest BCUT2D eigenvalue weighted by Crippen LogP contribution is 2.36. The van der Waals surface area contributed by atoms with Crippen LogP contribution in [0.3, 0.4) is 0 Å². The predicted molar refractivity (Wildman–Crippen MR) is 89.9 cm³/mol. The van der Waals surface area contributed by atoms with E-state index in [0.717, 1.165) is 5.56 Å². The minimum atomic E-state index is -0.404. The third-order valence-corrected chi connectivity index (χ3v) is 4.14. The van der Waals surface area contributed by atoms with Gasteiger partial charge in [0.15, 0.2) is 0 Å². The lowest BCUT2D eigenvalue weighted by Gasteiger charge is -2.24. The van der Waals surface area contributed by atoms with Crippen LogP contribution in [-0.4, -0.2) is 6.04 Å². The van der Waals surface area contributed by atoms with Crippen molar-refractivity contribution < 1.29 is 4.74 Å². The van der Waals surface area contributed by atoms with Gasteiger partial charge in [-0.05, 0) is 30.7 Å². The maximum absolute atomic E-state index is 6.13. The van der Waals surface area contributed by atoms with Crippen molar-refractivity contribution in [3.63, 3.8) is 0 Å². The van der Waals surface area contributed by atoms with Gasteiger partial charge < -0.3 is 10.5 Å². The standard InChI is InChI=1S/C15H13Cl4NO/c1-8(20)15(9-3-2-4-10(16)5-9)21-14-7-12(18)11(17)6-13(14)19/h2-8,15H,20H2,1H3. The third-order valence-electron chi connectivity index (χ3n) is 2.88. The fourth-order valence-corrected chi connectivity index (χ4v) is 2.67. The zero-order chi connectivity index (χ0) is 15.6. The Hall–Kier alpha value is -0.640. The van der Waals surface area contributed by atoms with Crippen molar-refractivity contribution in [2.45, 2.75) is 19.1 Å². The molecule has 0 saturated heterocycles. The number of nitrogens with two attached hydrogens (primary N) is 1. The molecule has 0 heterocycles. The molecular formula is C15H13Cl4NO. The lowest BCUT2D eigenvalue weighted by atomic mass is 10.0. The van der Waals surface area contributed by atoms with Gasteiger partial charge in [-0.15, -0.1) is 0 Å². The van der Waals surface area contributed by atoms with E-state index in [1.54, 1.807) is 18.2 Å². The molecule has 0 radical (unpaired) electrons. The van der Waals surface area contributed by atoms with Crippen LogP contribution in [0.4, 0.5) is 0 Å². The van der Waals surface area contributed by atoms with Gasteiger partial charge in [-0.3, -0.25) is 0 Å². The summed E-state index contributed by atoms with van der Waals surface area (Å²) >= 11 is 24.1. The van der Waals surface area contributed by atoms with Gasteiger partial charge in [-0.2, -0.15) is 0 Å². The normalized spacial score (nSPS) is 13.8. The monoisotopic (exact) mass is 363 g/mol. The van der Waals surface area contributed by atoms with E-state index in [2.05, 4.69) is 0 Å². The Morgan fingerprint density at radius 3 is 2.24 bits per heavy atom. The molecule has 2 N–H and O–H groups in total. The van der Waals surface area contributed by atoms with Crippen LogP contribution in [0.1, 0.15) is 18.6 Å². The van der Waals surface area contributed by atoms with E-state index in [0.29, 0.717) is 25.8 Å². The molecule has 0 aliphatic carbocycles. The Morgan fingerprint density at radius 1 is 0.952 bits per heavy atom. The summed E-state index contributed by atoms with van der Waals surface area (Å²) in [5.74, 6) is 0.424. The van der Waals surface area contributed by atoms with Gasteiger partial charge in [0.05, 0.1) is 15.1 Å². The maximum Gasteiger partial charge on any atom is 0.140 e. The van der Waals surface area contributed by atoms with Crippen molar-refractivity contribution in [1.29, 1.82) is 0 Å². The van der Waals surface area contributed by atoms with Crippen LogP contribution < -0.4 is 10.5 Å². The maximum atomic E-state index is 6.13. The number of hydrogen-bond donors (Lipinski definition) is 1. The zero-order valence-electron chi connectivity index (χ0n) is 11.1. The highest BCUT2D eigenvalue weighted by Gasteiger charge is 2.20. The summed E-state index contributed by atoms with van der Waals surface area (Å²) in [5.41, 5.74) is 6.88. The second-order valence-electron chi connectivity index (χ2n) is 4.65. The van der Waals surface area contributed by atoms with E-state index in [-0.39, 0.29) is 6.04 Å². The summed E-state index contributed by atoms with van der Waals surface area (Å²) in [6, 6.07) is 10.2.